The second kappa shape index (κ2) is 6.75. The summed E-state index contributed by atoms with van der Waals surface area (Å²) in [5.41, 5.74) is 1.28. The summed E-state index contributed by atoms with van der Waals surface area (Å²) in [4.78, 5) is 5.26. The zero-order chi connectivity index (χ0) is 16.4. The summed E-state index contributed by atoms with van der Waals surface area (Å²) in [7, 11) is 0. The van der Waals surface area contributed by atoms with E-state index in [-0.39, 0.29) is 11.9 Å². The summed E-state index contributed by atoms with van der Waals surface area (Å²) in [6, 6.07) is 10.3. The van der Waals surface area contributed by atoms with Crippen LogP contribution in [0.2, 0.25) is 0 Å². The third kappa shape index (κ3) is 3.07. The van der Waals surface area contributed by atoms with E-state index >= 15 is 0 Å². The Kier molecular flexibility index (Phi) is 4.32. The molecule has 3 aromatic rings. The number of aromatic nitrogens is 1. The Bertz CT molecular complexity index is 877. The highest BCUT2D eigenvalue weighted by atomic mass is 32.1. The summed E-state index contributed by atoms with van der Waals surface area (Å²) in [5, 5.41) is 1.99. The van der Waals surface area contributed by atoms with Crippen LogP contribution in [0, 0.1) is 5.82 Å². The standard InChI is InChI=1S/C18H17FN2O2S/c19-14-6-1-2-7-15(14)20-18-21(11-13-5-3-9-22-13)16(12-24-18)17-8-4-10-23-17/h1-2,4,6-8,10,12-13H,3,5,9,11H2. The first-order chi connectivity index (χ1) is 11.8. The molecular weight excluding hydrogens is 327 g/mol. The fourth-order valence-corrected chi connectivity index (χ4v) is 3.77. The lowest BCUT2D eigenvalue weighted by atomic mass is 10.2. The molecular formula is C18H17FN2O2S. The van der Waals surface area contributed by atoms with Crippen LogP contribution in [0.15, 0.2) is 57.5 Å². The zero-order valence-corrected chi connectivity index (χ0v) is 13.8. The van der Waals surface area contributed by atoms with E-state index in [0.717, 1.165) is 35.7 Å². The highest BCUT2D eigenvalue weighted by Crippen LogP contribution is 2.24. The lowest BCUT2D eigenvalue weighted by Gasteiger charge is -2.13. The van der Waals surface area contributed by atoms with Gasteiger partial charge in [0.25, 0.3) is 0 Å². The van der Waals surface area contributed by atoms with Crippen LogP contribution in [0.25, 0.3) is 11.5 Å². The average molecular weight is 344 g/mol. The summed E-state index contributed by atoms with van der Waals surface area (Å²) in [6.07, 6.45) is 3.91. The first-order valence-corrected chi connectivity index (χ1v) is 8.82. The third-order valence-corrected chi connectivity index (χ3v) is 4.91. The number of rotatable bonds is 4. The average Bonchev–Trinajstić information content (AvgIpc) is 3.33. The topological polar surface area (TPSA) is 39.7 Å². The van der Waals surface area contributed by atoms with Gasteiger partial charge in [-0.2, -0.15) is 0 Å². The maximum absolute atomic E-state index is 14.0. The Morgan fingerprint density at radius 1 is 1.25 bits per heavy atom. The monoisotopic (exact) mass is 344 g/mol. The molecule has 4 nitrogen and oxygen atoms in total. The molecule has 1 aliphatic rings. The minimum Gasteiger partial charge on any atom is -0.463 e. The van der Waals surface area contributed by atoms with Gasteiger partial charge in [0.15, 0.2) is 10.6 Å². The van der Waals surface area contributed by atoms with E-state index in [0.29, 0.717) is 12.2 Å². The second-order valence-electron chi connectivity index (χ2n) is 5.69. The van der Waals surface area contributed by atoms with E-state index in [2.05, 4.69) is 9.56 Å². The number of nitrogens with zero attached hydrogens (tertiary/aromatic N) is 2. The number of ether oxygens (including phenoxy) is 1. The first-order valence-electron chi connectivity index (χ1n) is 7.94. The molecule has 0 saturated carbocycles. The highest BCUT2D eigenvalue weighted by molar-refractivity contribution is 7.07. The number of halogens is 1. The smallest absolute Gasteiger partial charge is 0.190 e. The van der Waals surface area contributed by atoms with Gasteiger partial charge >= 0.3 is 0 Å². The molecule has 124 valence electrons. The van der Waals surface area contributed by atoms with Crippen molar-refractivity contribution < 1.29 is 13.5 Å². The predicted octanol–water partition coefficient (Wildman–Crippen LogP) is 4.36. The number of hydrogen-bond acceptors (Lipinski definition) is 4. The quantitative estimate of drug-likeness (QED) is 0.705. The molecule has 0 spiro atoms. The Balaban J connectivity index is 1.80. The fraction of sp³-hybridized carbons (Fsp3) is 0.278. The van der Waals surface area contributed by atoms with Crippen molar-refractivity contribution in [2.24, 2.45) is 4.99 Å². The molecule has 4 rings (SSSR count). The van der Waals surface area contributed by atoms with Crippen molar-refractivity contribution in [3.63, 3.8) is 0 Å². The molecule has 0 aliphatic carbocycles. The SMILES string of the molecule is Fc1ccccc1N=c1scc(-c2ccco2)n1CC1CCCO1. The molecule has 3 heterocycles. The largest absolute Gasteiger partial charge is 0.463 e. The molecule has 24 heavy (non-hydrogen) atoms. The van der Waals surface area contributed by atoms with Crippen LogP contribution in [0.5, 0.6) is 0 Å². The summed E-state index contributed by atoms with van der Waals surface area (Å²) < 4.78 is 27.3. The molecule has 1 fully saturated rings. The van der Waals surface area contributed by atoms with Crippen molar-refractivity contribution in [3.05, 3.63) is 58.7 Å². The van der Waals surface area contributed by atoms with Crippen molar-refractivity contribution in [1.29, 1.82) is 0 Å². The van der Waals surface area contributed by atoms with E-state index in [1.807, 2.05) is 17.5 Å². The Hall–Kier alpha value is -2.18. The molecule has 1 saturated heterocycles. The van der Waals surface area contributed by atoms with E-state index < -0.39 is 0 Å². The van der Waals surface area contributed by atoms with Gasteiger partial charge in [-0.05, 0) is 37.1 Å². The summed E-state index contributed by atoms with van der Waals surface area (Å²) >= 11 is 1.48. The molecule has 1 atom stereocenters. The highest BCUT2D eigenvalue weighted by Gasteiger charge is 2.19. The zero-order valence-electron chi connectivity index (χ0n) is 13.0. The Morgan fingerprint density at radius 2 is 2.17 bits per heavy atom. The molecule has 1 unspecified atom stereocenters. The van der Waals surface area contributed by atoms with Crippen molar-refractivity contribution in [2.75, 3.05) is 6.61 Å². The first kappa shape index (κ1) is 15.4. The van der Waals surface area contributed by atoms with E-state index in [1.54, 1.807) is 24.5 Å². The summed E-state index contributed by atoms with van der Waals surface area (Å²) in [5.74, 6) is 0.452. The maximum atomic E-state index is 14.0. The molecule has 0 amide bonds. The molecule has 2 aromatic heterocycles. The molecule has 1 aromatic carbocycles. The van der Waals surface area contributed by atoms with Gasteiger partial charge in [0.2, 0.25) is 0 Å². The normalized spacial score (nSPS) is 18.4. The molecule has 1 aliphatic heterocycles. The predicted molar refractivity (Wildman–Crippen MR) is 90.6 cm³/mol. The second-order valence-corrected chi connectivity index (χ2v) is 6.53. The van der Waals surface area contributed by atoms with E-state index in [9.17, 15) is 4.39 Å². The Morgan fingerprint density at radius 3 is 2.92 bits per heavy atom. The van der Waals surface area contributed by atoms with Gasteiger partial charge in [0.05, 0.1) is 24.6 Å². The van der Waals surface area contributed by atoms with Gasteiger partial charge in [0.1, 0.15) is 11.5 Å². The number of thiazole rings is 1. The lowest BCUT2D eigenvalue weighted by molar-refractivity contribution is 0.0967. The van der Waals surface area contributed by atoms with Crippen molar-refractivity contribution in [1.82, 2.24) is 4.57 Å². The molecule has 6 heteroatoms. The van der Waals surface area contributed by atoms with Gasteiger partial charge in [-0.15, -0.1) is 11.3 Å². The van der Waals surface area contributed by atoms with Crippen LogP contribution < -0.4 is 4.80 Å². The third-order valence-electron chi connectivity index (χ3n) is 4.05. The fourth-order valence-electron chi connectivity index (χ4n) is 2.85. The van der Waals surface area contributed by atoms with Gasteiger partial charge in [0, 0.05) is 12.0 Å². The number of hydrogen-bond donors (Lipinski definition) is 0. The lowest BCUT2D eigenvalue weighted by Crippen LogP contribution is -2.24. The van der Waals surface area contributed by atoms with E-state index in [4.69, 9.17) is 9.15 Å². The van der Waals surface area contributed by atoms with Crippen molar-refractivity contribution in [2.45, 2.75) is 25.5 Å². The van der Waals surface area contributed by atoms with Crippen molar-refractivity contribution >= 4 is 17.0 Å². The van der Waals surface area contributed by atoms with Crippen LogP contribution in [0.3, 0.4) is 0 Å². The minimum atomic E-state index is -0.325. The number of para-hydroxylation sites is 1. The molecule has 0 N–H and O–H groups in total. The van der Waals surface area contributed by atoms with Gasteiger partial charge in [-0.25, -0.2) is 9.38 Å². The Labute approximate surface area is 142 Å². The number of benzene rings is 1. The van der Waals surface area contributed by atoms with Crippen LogP contribution in [0.1, 0.15) is 12.8 Å². The maximum Gasteiger partial charge on any atom is 0.190 e. The minimum absolute atomic E-state index is 0.160. The summed E-state index contributed by atoms with van der Waals surface area (Å²) in [6.45, 7) is 1.48. The van der Waals surface area contributed by atoms with Crippen LogP contribution in [0.4, 0.5) is 10.1 Å². The van der Waals surface area contributed by atoms with Gasteiger partial charge in [-0.1, -0.05) is 12.1 Å². The van der Waals surface area contributed by atoms with E-state index in [1.165, 1.54) is 17.4 Å². The van der Waals surface area contributed by atoms with Crippen LogP contribution >= 0.6 is 11.3 Å². The van der Waals surface area contributed by atoms with Crippen LogP contribution in [-0.4, -0.2) is 17.3 Å². The molecule has 0 bridgehead atoms. The molecule has 0 radical (unpaired) electrons. The van der Waals surface area contributed by atoms with Crippen molar-refractivity contribution in [3.8, 4) is 11.5 Å². The van der Waals surface area contributed by atoms with Gasteiger partial charge in [-0.3, -0.25) is 0 Å². The van der Waals surface area contributed by atoms with Crippen LogP contribution in [-0.2, 0) is 11.3 Å². The van der Waals surface area contributed by atoms with Gasteiger partial charge < -0.3 is 13.7 Å². The number of furan rings is 1.